The monoisotopic (exact) mass is 282 g/mol. The third-order valence-corrected chi connectivity index (χ3v) is 3.55. The molecule has 2 aromatic heterocycles. The number of ether oxygens (including phenoxy) is 1. The summed E-state index contributed by atoms with van der Waals surface area (Å²) in [6.45, 7) is 1.73. The van der Waals surface area contributed by atoms with Crippen LogP contribution in [0.25, 0.3) is 11.0 Å². The van der Waals surface area contributed by atoms with Gasteiger partial charge in [0.15, 0.2) is 5.65 Å². The fourth-order valence-corrected chi connectivity index (χ4v) is 2.34. The maximum absolute atomic E-state index is 5.98. The fraction of sp³-hybridized carbons (Fsp3) is 0.214. The maximum Gasteiger partial charge on any atom is 0.251 e. The zero-order valence-corrected chi connectivity index (χ0v) is 11.2. The summed E-state index contributed by atoms with van der Waals surface area (Å²) < 4.78 is 7.72. The van der Waals surface area contributed by atoms with Crippen molar-refractivity contribution in [1.29, 1.82) is 0 Å². The topological polar surface area (TPSA) is 90.9 Å². The first-order valence-electron chi connectivity index (χ1n) is 6.75. The summed E-state index contributed by atoms with van der Waals surface area (Å²) >= 11 is 0. The molecule has 106 valence electrons. The van der Waals surface area contributed by atoms with E-state index in [-0.39, 0.29) is 6.04 Å². The van der Waals surface area contributed by atoms with E-state index in [1.54, 1.807) is 0 Å². The average molecular weight is 282 g/mol. The highest BCUT2D eigenvalue weighted by Gasteiger charge is 2.26. The molecule has 0 aliphatic carbocycles. The Labute approximate surface area is 120 Å². The minimum atomic E-state index is 0.273. The first-order chi connectivity index (χ1) is 10.3. The number of hydrogen-bond donors (Lipinski definition) is 2. The Balaban J connectivity index is 1.84. The highest BCUT2D eigenvalue weighted by Crippen LogP contribution is 2.33. The van der Waals surface area contributed by atoms with Gasteiger partial charge in [-0.05, 0) is 12.1 Å². The number of aromatic nitrogens is 4. The second kappa shape index (κ2) is 4.71. The van der Waals surface area contributed by atoms with Crippen LogP contribution in [0, 0.1) is 0 Å². The predicted octanol–water partition coefficient (Wildman–Crippen LogP) is 1.35. The lowest BCUT2D eigenvalue weighted by Crippen LogP contribution is -2.43. The second-order valence-corrected chi connectivity index (χ2v) is 4.93. The normalized spacial score (nSPS) is 15.0. The molecular formula is C14H14N6O. The van der Waals surface area contributed by atoms with Crippen molar-refractivity contribution in [3.05, 3.63) is 36.7 Å². The zero-order valence-electron chi connectivity index (χ0n) is 11.2. The third kappa shape index (κ3) is 1.98. The van der Waals surface area contributed by atoms with Crippen LogP contribution in [-0.4, -0.2) is 32.8 Å². The van der Waals surface area contributed by atoms with E-state index < -0.39 is 0 Å². The SMILES string of the molecule is Nc1ncnc2c1c(Oc1ccccc1)nn2C1CNC1. The minimum Gasteiger partial charge on any atom is -0.437 e. The molecule has 3 heterocycles. The number of benzene rings is 1. The molecule has 7 nitrogen and oxygen atoms in total. The van der Waals surface area contributed by atoms with Gasteiger partial charge in [0.1, 0.15) is 23.3 Å². The van der Waals surface area contributed by atoms with Gasteiger partial charge in [-0.2, -0.15) is 0 Å². The molecule has 0 unspecified atom stereocenters. The highest BCUT2D eigenvalue weighted by molar-refractivity contribution is 5.90. The molecule has 3 N–H and O–H groups in total. The van der Waals surface area contributed by atoms with E-state index in [0.717, 1.165) is 13.1 Å². The Hall–Kier alpha value is -2.67. The van der Waals surface area contributed by atoms with Gasteiger partial charge in [0.05, 0.1) is 6.04 Å². The summed E-state index contributed by atoms with van der Waals surface area (Å²) in [5.41, 5.74) is 6.69. The largest absolute Gasteiger partial charge is 0.437 e. The molecule has 0 bridgehead atoms. The molecule has 0 spiro atoms. The summed E-state index contributed by atoms with van der Waals surface area (Å²) in [5, 5.41) is 8.42. The van der Waals surface area contributed by atoms with Crippen LogP contribution in [-0.2, 0) is 0 Å². The molecule has 0 amide bonds. The molecule has 21 heavy (non-hydrogen) atoms. The Morgan fingerprint density at radius 2 is 2.00 bits per heavy atom. The van der Waals surface area contributed by atoms with Crippen molar-refractivity contribution >= 4 is 16.9 Å². The molecule has 3 aromatic rings. The molecular weight excluding hydrogens is 268 g/mol. The number of hydrogen-bond acceptors (Lipinski definition) is 6. The Morgan fingerprint density at radius 1 is 1.19 bits per heavy atom. The molecule has 1 saturated heterocycles. The Bertz CT molecular complexity index is 781. The molecule has 0 saturated carbocycles. The van der Waals surface area contributed by atoms with Crippen molar-refractivity contribution in [3.8, 4) is 11.6 Å². The Kier molecular flexibility index (Phi) is 2.71. The van der Waals surface area contributed by atoms with Crippen LogP contribution in [0.1, 0.15) is 6.04 Å². The molecule has 0 radical (unpaired) electrons. The summed E-state index contributed by atoms with van der Waals surface area (Å²) in [6, 6.07) is 9.76. The van der Waals surface area contributed by atoms with Crippen molar-refractivity contribution in [3.63, 3.8) is 0 Å². The van der Waals surface area contributed by atoms with Crippen LogP contribution in [0.2, 0.25) is 0 Å². The smallest absolute Gasteiger partial charge is 0.251 e. The molecule has 7 heteroatoms. The summed E-state index contributed by atoms with van der Waals surface area (Å²) in [4.78, 5) is 8.35. The van der Waals surface area contributed by atoms with Crippen LogP contribution in [0.15, 0.2) is 36.7 Å². The molecule has 1 aliphatic rings. The van der Waals surface area contributed by atoms with Gasteiger partial charge in [-0.1, -0.05) is 18.2 Å². The van der Waals surface area contributed by atoms with Crippen molar-refractivity contribution in [2.45, 2.75) is 6.04 Å². The summed E-state index contributed by atoms with van der Waals surface area (Å²) in [5.74, 6) is 1.53. The summed E-state index contributed by atoms with van der Waals surface area (Å²) in [7, 11) is 0. The number of fused-ring (bicyclic) bond motifs is 1. The van der Waals surface area contributed by atoms with Gasteiger partial charge in [0, 0.05) is 13.1 Å². The first kappa shape index (κ1) is 12.1. The van der Waals surface area contributed by atoms with E-state index in [0.29, 0.717) is 28.5 Å². The minimum absolute atomic E-state index is 0.273. The van der Waals surface area contributed by atoms with Gasteiger partial charge in [-0.3, -0.25) is 0 Å². The number of nitrogens with zero attached hydrogens (tertiary/aromatic N) is 4. The van der Waals surface area contributed by atoms with E-state index >= 15 is 0 Å². The number of nitrogens with two attached hydrogens (primary N) is 1. The molecule has 1 fully saturated rings. The first-order valence-corrected chi connectivity index (χ1v) is 6.75. The Morgan fingerprint density at radius 3 is 2.71 bits per heavy atom. The van der Waals surface area contributed by atoms with Crippen LogP contribution >= 0.6 is 0 Å². The fourth-order valence-electron chi connectivity index (χ4n) is 2.34. The number of rotatable bonds is 3. The van der Waals surface area contributed by atoms with Crippen molar-refractivity contribution in [2.75, 3.05) is 18.8 Å². The van der Waals surface area contributed by atoms with Crippen molar-refractivity contribution in [1.82, 2.24) is 25.1 Å². The van der Waals surface area contributed by atoms with Crippen molar-refractivity contribution < 1.29 is 4.74 Å². The van der Waals surface area contributed by atoms with Gasteiger partial charge in [0.2, 0.25) is 0 Å². The quantitative estimate of drug-likeness (QED) is 0.753. The van der Waals surface area contributed by atoms with E-state index in [4.69, 9.17) is 10.5 Å². The average Bonchev–Trinajstić information content (AvgIpc) is 2.78. The molecule has 0 atom stereocenters. The van der Waals surface area contributed by atoms with E-state index in [1.807, 2.05) is 35.0 Å². The third-order valence-electron chi connectivity index (χ3n) is 3.55. The zero-order chi connectivity index (χ0) is 14.2. The van der Waals surface area contributed by atoms with Crippen LogP contribution < -0.4 is 15.8 Å². The standard InChI is InChI=1S/C14H14N6O/c15-12-11-13(18-8-17-12)20(9-6-16-7-9)19-14(11)21-10-4-2-1-3-5-10/h1-5,8-9,16H,6-7H2,(H2,15,17,18). The van der Waals surface area contributed by atoms with Gasteiger partial charge >= 0.3 is 0 Å². The predicted molar refractivity (Wildman–Crippen MR) is 78.2 cm³/mol. The van der Waals surface area contributed by atoms with E-state index in [9.17, 15) is 0 Å². The van der Waals surface area contributed by atoms with E-state index in [1.165, 1.54) is 6.33 Å². The number of nitrogens with one attached hydrogen (secondary N) is 1. The van der Waals surface area contributed by atoms with Crippen molar-refractivity contribution in [2.24, 2.45) is 0 Å². The molecule has 1 aliphatic heterocycles. The lowest BCUT2D eigenvalue weighted by molar-refractivity contribution is 0.317. The molecule has 1 aromatic carbocycles. The van der Waals surface area contributed by atoms with Gasteiger partial charge in [-0.25, -0.2) is 14.6 Å². The van der Waals surface area contributed by atoms with Crippen LogP contribution in [0.5, 0.6) is 11.6 Å². The van der Waals surface area contributed by atoms with Crippen LogP contribution in [0.4, 0.5) is 5.82 Å². The summed E-state index contributed by atoms with van der Waals surface area (Å²) in [6.07, 6.45) is 1.45. The highest BCUT2D eigenvalue weighted by atomic mass is 16.5. The molecule has 4 rings (SSSR count). The lowest BCUT2D eigenvalue weighted by Gasteiger charge is -2.27. The lowest BCUT2D eigenvalue weighted by atomic mass is 10.2. The maximum atomic E-state index is 5.98. The number of para-hydroxylation sites is 1. The van der Waals surface area contributed by atoms with Gasteiger partial charge in [0.25, 0.3) is 5.88 Å². The van der Waals surface area contributed by atoms with Crippen LogP contribution in [0.3, 0.4) is 0 Å². The van der Waals surface area contributed by atoms with Gasteiger partial charge in [-0.15, -0.1) is 5.10 Å². The number of anilines is 1. The van der Waals surface area contributed by atoms with Gasteiger partial charge < -0.3 is 15.8 Å². The van der Waals surface area contributed by atoms with E-state index in [2.05, 4.69) is 20.4 Å². The second-order valence-electron chi connectivity index (χ2n) is 4.93. The number of nitrogen functional groups attached to an aromatic ring is 1.